The van der Waals surface area contributed by atoms with Crippen LogP contribution in [0.5, 0.6) is 11.5 Å². The van der Waals surface area contributed by atoms with Crippen molar-refractivity contribution >= 4 is 11.9 Å². The van der Waals surface area contributed by atoms with Crippen molar-refractivity contribution in [2.45, 2.75) is 0 Å². The lowest BCUT2D eigenvalue weighted by Crippen LogP contribution is -1.99. The zero-order chi connectivity index (χ0) is 25.6. The van der Waals surface area contributed by atoms with E-state index in [0.29, 0.717) is 11.5 Å². The van der Waals surface area contributed by atoms with E-state index in [0.717, 1.165) is 34.4 Å². The first-order chi connectivity index (χ1) is 17.6. The van der Waals surface area contributed by atoms with Crippen molar-refractivity contribution in [1.82, 2.24) is 0 Å². The summed E-state index contributed by atoms with van der Waals surface area (Å²) in [5, 5.41) is 0. The van der Waals surface area contributed by atoms with Crippen LogP contribution in [0.15, 0.2) is 123 Å². The summed E-state index contributed by atoms with van der Waals surface area (Å²) in [5.74, 6) is 0.403. The maximum absolute atomic E-state index is 11.0. The first kappa shape index (κ1) is 25.8. The van der Waals surface area contributed by atoms with Crippen LogP contribution >= 0.6 is 0 Å². The van der Waals surface area contributed by atoms with E-state index in [1.807, 2.05) is 48.5 Å². The minimum absolute atomic E-state index is 0.122. The van der Waals surface area contributed by atoms with Gasteiger partial charge in [-0.05, 0) is 58.7 Å². The highest BCUT2D eigenvalue weighted by atomic mass is 16.5. The molecule has 36 heavy (non-hydrogen) atoms. The molecule has 6 nitrogen and oxygen atoms in total. The second kappa shape index (κ2) is 13.8. The smallest absolute Gasteiger partial charge is 0.330 e. The van der Waals surface area contributed by atoms with Crippen LogP contribution in [0.3, 0.4) is 0 Å². The van der Waals surface area contributed by atoms with E-state index in [9.17, 15) is 9.59 Å². The lowest BCUT2D eigenvalue weighted by molar-refractivity contribution is -0.137. The van der Waals surface area contributed by atoms with Crippen LogP contribution in [0.2, 0.25) is 0 Å². The van der Waals surface area contributed by atoms with Gasteiger partial charge in [-0.25, -0.2) is 9.59 Å². The lowest BCUT2D eigenvalue weighted by atomic mass is 10.0. The molecule has 6 heteroatoms. The van der Waals surface area contributed by atoms with Gasteiger partial charge in [0.15, 0.2) is 0 Å². The fourth-order valence-electron chi connectivity index (χ4n) is 3.02. The number of carbonyl (C=O) groups is 2. The molecule has 0 saturated carbocycles. The Hall–Kier alpha value is -4.84. The Kier molecular flexibility index (Phi) is 9.86. The highest BCUT2D eigenvalue weighted by molar-refractivity contribution is 5.81. The van der Waals surface area contributed by atoms with Crippen LogP contribution in [0.25, 0.3) is 22.3 Å². The number of carbonyl (C=O) groups excluding carboxylic acids is 2. The van der Waals surface area contributed by atoms with Crippen LogP contribution in [0.1, 0.15) is 0 Å². The van der Waals surface area contributed by atoms with Gasteiger partial charge in [0, 0.05) is 12.2 Å². The van der Waals surface area contributed by atoms with Gasteiger partial charge in [0.05, 0.1) is 12.5 Å². The van der Waals surface area contributed by atoms with E-state index in [2.05, 4.69) is 37.4 Å². The molecule has 182 valence electrons. The first-order valence-electron chi connectivity index (χ1n) is 11.1. The Bertz CT molecular complexity index is 1120. The molecule has 0 radical (unpaired) electrons. The molecule has 0 fully saturated rings. The molecule has 3 rings (SSSR count). The van der Waals surface area contributed by atoms with Gasteiger partial charge in [-0.2, -0.15) is 0 Å². The largest absolute Gasteiger partial charge is 0.465 e. The Morgan fingerprint density at radius 3 is 1.17 bits per heavy atom. The molecule has 0 aliphatic heterocycles. The lowest BCUT2D eigenvalue weighted by Gasteiger charge is -2.07. The predicted molar refractivity (Wildman–Crippen MR) is 139 cm³/mol. The zero-order valence-corrected chi connectivity index (χ0v) is 19.7. The molecule has 0 N–H and O–H groups in total. The summed E-state index contributed by atoms with van der Waals surface area (Å²) in [6, 6.07) is 23.7. The topological polar surface area (TPSA) is 71.1 Å². The van der Waals surface area contributed by atoms with E-state index in [1.165, 1.54) is 12.5 Å². The SMILES string of the molecule is C=CC(=O)OCC=COc1ccc(-c2ccc(-c3ccc(OC=CCOC(=O)C=C)cc3)cc2)cc1. The molecule has 3 aromatic carbocycles. The van der Waals surface area contributed by atoms with Crippen LogP contribution in [-0.4, -0.2) is 25.2 Å². The molecule has 0 atom stereocenters. The summed E-state index contributed by atoms with van der Waals surface area (Å²) in [5.41, 5.74) is 4.29. The van der Waals surface area contributed by atoms with Gasteiger partial charge in [0.1, 0.15) is 24.7 Å². The minimum Gasteiger partial charge on any atom is -0.465 e. The van der Waals surface area contributed by atoms with E-state index < -0.39 is 11.9 Å². The molecule has 0 aromatic heterocycles. The maximum Gasteiger partial charge on any atom is 0.330 e. The second-order valence-electron chi connectivity index (χ2n) is 7.27. The molecular weight excluding hydrogens is 456 g/mol. The average Bonchev–Trinajstić information content (AvgIpc) is 2.93. The van der Waals surface area contributed by atoms with Crippen LogP contribution in [0.4, 0.5) is 0 Å². The van der Waals surface area contributed by atoms with Gasteiger partial charge in [-0.1, -0.05) is 61.7 Å². The van der Waals surface area contributed by atoms with Gasteiger partial charge >= 0.3 is 11.9 Å². The summed E-state index contributed by atoms with van der Waals surface area (Å²) in [6.45, 7) is 6.91. The fraction of sp³-hybridized carbons (Fsp3) is 0.0667. The second-order valence-corrected chi connectivity index (χ2v) is 7.27. The van der Waals surface area contributed by atoms with Crippen LogP contribution in [0, 0.1) is 0 Å². The molecule has 0 heterocycles. The van der Waals surface area contributed by atoms with Gasteiger partial charge in [-0.3, -0.25) is 0 Å². The predicted octanol–water partition coefficient (Wildman–Crippen LogP) is 6.26. The van der Waals surface area contributed by atoms with Gasteiger partial charge < -0.3 is 18.9 Å². The number of hydrogen-bond donors (Lipinski definition) is 0. The summed E-state index contributed by atoms with van der Waals surface area (Å²) < 4.78 is 20.7. The Balaban J connectivity index is 1.51. The minimum atomic E-state index is -0.476. The highest BCUT2D eigenvalue weighted by Crippen LogP contribution is 2.27. The Morgan fingerprint density at radius 1 is 0.556 bits per heavy atom. The van der Waals surface area contributed by atoms with Crippen molar-refractivity contribution in [3.8, 4) is 33.8 Å². The van der Waals surface area contributed by atoms with Crippen LogP contribution < -0.4 is 9.47 Å². The Morgan fingerprint density at radius 2 is 0.861 bits per heavy atom. The van der Waals surface area contributed by atoms with Gasteiger partial charge in [0.2, 0.25) is 0 Å². The quantitative estimate of drug-likeness (QED) is 0.172. The molecule has 0 aliphatic rings. The normalized spacial score (nSPS) is 10.7. The molecular formula is C30H26O6. The molecule has 0 saturated heterocycles. The summed E-state index contributed by atoms with van der Waals surface area (Å²) in [7, 11) is 0. The van der Waals surface area contributed by atoms with E-state index in [4.69, 9.17) is 18.9 Å². The molecule has 0 unspecified atom stereocenters. The van der Waals surface area contributed by atoms with E-state index in [1.54, 1.807) is 12.2 Å². The van der Waals surface area contributed by atoms with Crippen molar-refractivity contribution in [2.75, 3.05) is 13.2 Å². The number of benzene rings is 3. The molecule has 0 spiro atoms. The zero-order valence-electron chi connectivity index (χ0n) is 19.7. The summed E-state index contributed by atoms with van der Waals surface area (Å²) >= 11 is 0. The molecule has 0 amide bonds. The number of esters is 2. The van der Waals surface area contributed by atoms with E-state index in [-0.39, 0.29) is 13.2 Å². The monoisotopic (exact) mass is 482 g/mol. The summed E-state index contributed by atoms with van der Waals surface area (Å²) in [6.07, 6.45) is 8.39. The maximum atomic E-state index is 11.0. The molecule has 0 bridgehead atoms. The number of rotatable bonds is 12. The van der Waals surface area contributed by atoms with Crippen molar-refractivity contribution in [2.24, 2.45) is 0 Å². The molecule has 0 aliphatic carbocycles. The van der Waals surface area contributed by atoms with Crippen molar-refractivity contribution < 1.29 is 28.5 Å². The van der Waals surface area contributed by atoms with Gasteiger partial charge in [0.25, 0.3) is 0 Å². The van der Waals surface area contributed by atoms with Crippen molar-refractivity contribution in [3.05, 3.63) is 123 Å². The van der Waals surface area contributed by atoms with Gasteiger partial charge in [-0.15, -0.1) is 0 Å². The first-order valence-corrected chi connectivity index (χ1v) is 11.1. The third-order valence-electron chi connectivity index (χ3n) is 4.84. The van der Waals surface area contributed by atoms with Crippen molar-refractivity contribution in [3.63, 3.8) is 0 Å². The van der Waals surface area contributed by atoms with E-state index >= 15 is 0 Å². The number of ether oxygens (including phenoxy) is 4. The standard InChI is InChI=1S/C30H26O6/c1-3-29(31)35-21-5-19-33-27-15-11-25(12-16-27)23-7-9-24(10-8-23)26-13-17-28(18-14-26)34-20-6-22-36-30(32)4-2/h3-20H,1-2,21-22H2. The number of hydrogen-bond acceptors (Lipinski definition) is 6. The van der Waals surface area contributed by atoms with Crippen LogP contribution in [-0.2, 0) is 19.1 Å². The third-order valence-corrected chi connectivity index (χ3v) is 4.84. The molecule has 3 aromatic rings. The highest BCUT2D eigenvalue weighted by Gasteiger charge is 2.02. The summed E-state index contributed by atoms with van der Waals surface area (Å²) in [4.78, 5) is 21.9. The average molecular weight is 483 g/mol. The Labute approximate surface area is 210 Å². The van der Waals surface area contributed by atoms with Crippen molar-refractivity contribution in [1.29, 1.82) is 0 Å². The fourth-order valence-corrected chi connectivity index (χ4v) is 3.02. The third kappa shape index (κ3) is 8.18.